The van der Waals surface area contributed by atoms with Gasteiger partial charge in [-0.25, -0.2) is 4.79 Å². The summed E-state index contributed by atoms with van der Waals surface area (Å²) in [7, 11) is 0. The molecule has 0 bridgehead atoms. The number of nitrogens with one attached hydrogen (secondary N) is 2. The van der Waals surface area contributed by atoms with Crippen molar-refractivity contribution in [2.45, 2.75) is 26.3 Å². The van der Waals surface area contributed by atoms with E-state index in [1.807, 2.05) is 20.8 Å². The summed E-state index contributed by atoms with van der Waals surface area (Å²) in [5, 5.41) is 14.8. The van der Waals surface area contributed by atoms with Crippen LogP contribution >= 0.6 is 23.2 Å². The van der Waals surface area contributed by atoms with Gasteiger partial charge in [0.2, 0.25) is 0 Å². The molecule has 0 heterocycles. The van der Waals surface area contributed by atoms with Crippen LogP contribution in [0.2, 0.25) is 10.0 Å². The first-order valence-corrected chi connectivity index (χ1v) is 5.72. The van der Waals surface area contributed by atoms with E-state index in [1.54, 1.807) is 0 Å². The van der Waals surface area contributed by atoms with Gasteiger partial charge in [-0.15, -0.1) is 0 Å². The number of urea groups is 1. The molecule has 17 heavy (non-hydrogen) atoms. The van der Waals surface area contributed by atoms with E-state index in [2.05, 4.69) is 10.6 Å². The molecule has 0 aromatic heterocycles. The number of rotatable bonds is 1. The van der Waals surface area contributed by atoms with E-state index < -0.39 is 0 Å². The minimum atomic E-state index is -0.365. The SMILES string of the molecule is CC(C)(C)NC(=O)Nc1cc(Cl)c(O)c(Cl)c1. The number of amides is 2. The van der Waals surface area contributed by atoms with Crippen molar-refractivity contribution in [3.63, 3.8) is 0 Å². The molecule has 0 fully saturated rings. The van der Waals surface area contributed by atoms with E-state index in [0.29, 0.717) is 5.69 Å². The summed E-state index contributed by atoms with van der Waals surface area (Å²) in [6.07, 6.45) is 0. The number of hydrogen-bond donors (Lipinski definition) is 3. The third kappa shape index (κ3) is 4.32. The monoisotopic (exact) mass is 276 g/mol. The van der Waals surface area contributed by atoms with Crippen molar-refractivity contribution >= 4 is 34.9 Å². The first kappa shape index (κ1) is 13.9. The van der Waals surface area contributed by atoms with Gasteiger partial charge < -0.3 is 15.7 Å². The van der Waals surface area contributed by atoms with E-state index in [4.69, 9.17) is 23.2 Å². The molecule has 0 radical (unpaired) electrons. The van der Waals surface area contributed by atoms with Crippen molar-refractivity contribution in [1.29, 1.82) is 0 Å². The second-order valence-electron chi connectivity index (χ2n) is 4.62. The van der Waals surface area contributed by atoms with Gasteiger partial charge in [0, 0.05) is 11.2 Å². The Hall–Kier alpha value is -1.13. The van der Waals surface area contributed by atoms with Crippen LogP contribution in [-0.4, -0.2) is 16.7 Å². The van der Waals surface area contributed by atoms with Gasteiger partial charge in [-0.2, -0.15) is 0 Å². The number of aromatic hydroxyl groups is 1. The van der Waals surface area contributed by atoms with E-state index >= 15 is 0 Å². The highest BCUT2D eigenvalue weighted by Crippen LogP contribution is 2.34. The lowest BCUT2D eigenvalue weighted by Crippen LogP contribution is -2.43. The normalized spacial score (nSPS) is 11.1. The predicted octanol–water partition coefficient (Wildman–Crippen LogP) is 3.62. The Kier molecular flexibility index (Phi) is 4.11. The standard InChI is InChI=1S/C11H14Cl2N2O2/c1-11(2,3)15-10(17)14-6-4-7(12)9(16)8(13)5-6/h4-5,16H,1-3H3,(H2,14,15,17). The van der Waals surface area contributed by atoms with Crippen LogP contribution in [-0.2, 0) is 0 Å². The predicted molar refractivity (Wildman–Crippen MR) is 70.0 cm³/mol. The second kappa shape index (κ2) is 5.02. The summed E-state index contributed by atoms with van der Waals surface area (Å²) in [5.74, 6) is -0.199. The van der Waals surface area contributed by atoms with Gasteiger partial charge in [-0.1, -0.05) is 23.2 Å². The average Bonchev–Trinajstić information content (AvgIpc) is 2.10. The Bertz CT molecular complexity index is 419. The number of carbonyl (C=O) groups excluding carboxylic acids is 1. The average molecular weight is 277 g/mol. The number of benzene rings is 1. The zero-order valence-corrected chi connectivity index (χ0v) is 11.3. The van der Waals surface area contributed by atoms with E-state index in [9.17, 15) is 9.90 Å². The van der Waals surface area contributed by atoms with E-state index in [0.717, 1.165) is 0 Å². The quantitative estimate of drug-likeness (QED) is 0.686. The molecule has 0 saturated carbocycles. The van der Waals surface area contributed by atoms with Gasteiger partial charge in [-0.3, -0.25) is 0 Å². The largest absolute Gasteiger partial charge is 0.505 e. The molecule has 0 aliphatic heterocycles. The lowest BCUT2D eigenvalue weighted by molar-refractivity contribution is 0.244. The van der Waals surface area contributed by atoms with Crippen molar-refractivity contribution in [2.24, 2.45) is 0 Å². The van der Waals surface area contributed by atoms with Gasteiger partial charge in [-0.05, 0) is 32.9 Å². The number of hydrogen-bond acceptors (Lipinski definition) is 2. The Morgan fingerprint density at radius 3 is 2.12 bits per heavy atom. The molecular weight excluding hydrogens is 263 g/mol. The molecule has 0 atom stereocenters. The molecule has 0 aliphatic rings. The minimum absolute atomic E-state index is 0.0866. The van der Waals surface area contributed by atoms with Gasteiger partial charge >= 0.3 is 6.03 Å². The van der Waals surface area contributed by atoms with Crippen LogP contribution in [0.3, 0.4) is 0 Å². The van der Waals surface area contributed by atoms with Crippen LogP contribution in [0.1, 0.15) is 20.8 Å². The van der Waals surface area contributed by atoms with E-state index in [1.165, 1.54) is 12.1 Å². The highest BCUT2D eigenvalue weighted by atomic mass is 35.5. The lowest BCUT2D eigenvalue weighted by atomic mass is 10.1. The topological polar surface area (TPSA) is 61.4 Å². The van der Waals surface area contributed by atoms with Crippen molar-refractivity contribution in [1.82, 2.24) is 5.32 Å². The fourth-order valence-corrected chi connectivity index (χ4v) is 1.63. The zero-order valence-electron chi connectivity index (χ0n) is 9.77. The van der Waals surface area contributed by atoms with Crippen LogP contribution < -0.4 is 10.6 Å². The third-order valence-corrected chi connectivity index (χ3v) is 2.34. The van der Waals surface area contributed by atoms with Crippen LogP contribution in [0.25, 0.3) is 0 Å². The maximum Gasteiger partial charge on any atom is 0.319 e. The maximum atomic E-state index is 11.6. The van der Waals surface area contributed by atoms with Gasteiger partial charge in [0.15, 0.2) is 5.75 Å². The Morgan fingerprint density at radius 2 is 1.71 bits per heavy atom. The minimum Gasteiger partial charge on any atom is -0.505 e. The summed E-state index contributed by atoms with van der Waals surface area (Å²) in [4.78, 5) is 11.6. The fourth-order valence-electron chi connectivity index (χ4n) is 1.14. The first-order chi connectivity index (χ1) is 7.69. The van der Waals surface area contributed by atoms with Crippen LogP contribution in [0.4, 0.5) is 10.5 Å². The third-order valence-electron chi connectivity index (χ3n) is 1.76. The molecule has 0 unspecified atom stereocenters. The fraction of sp³-hybridized carbons (Fsp3) is 0.364. The first-order valence-electron chi connectivity index (χ1n) is 4.96. The van der Waals surface area contributed by atoms with Crippen molar-refractivity contribution in [2.75, 3.05) is 5.32 Å². The summed E-state index contributed by atoms with van der Waals surface area (Å²) >= 11 is 11.5. The molecular formula is C11H14Cl2N2O2. The molecule has 3 N–H and O–H groups in total. The number of phenolic OH excluding ortho intramolecular Hbond substituents is 1. The number of anilines is 1. The number of halogens is 2. The highest BCUT2D eigenvalue weighted by molar-refractivity contribution is 6.37. The molecule has 0 aliphatic carbocycles. The second-order valence-corrected chi connectivity index (χ2v) is 5.43. The van der Waals surface area contributed by atoms with Crippen molar-refractivity contribution < 1.29 is 9.90 Å². The number of carbonyl (C=O) groups is 1. The van der Waals surface area contributed by atoms with Gasteiger partial charge in [0.1, 0.15) is 0 Å². The van der Waals surface area contributed by atoms with Crippen LogP contribution in [0.15, 0.2) is 12.1 Å². The molecule has 1 aromatic carbocycles. The molecule has 1 rings (SSSR count). The van der Waals surface area contributed by atoms with Crippen molar-refractivity contribution in [3.8, 4) is 5.75 Å². The molecule has 94 valence electrons. The molecule has 0 spiro atoms. The molecule has 2 amide bonds. The van der Waals surface area contributed by atoms with E-state index in [-0.39, 0.29) is 27.4 Å². The molecule has 1 aromatic rings. The zero-order chi connectivity index (χ0) is 13.2. The summed E-state index contributed by atoms with van der Waals surface area (Å²) < 4.78 is 0. The molecule has 0 saturated heterocycles. The summed E-state index contributed by atoms with van der Waals surface area (Å²) in [5.41, 5.74) is 0.0776. The van der Waals surface area contributed by atoms with Gasteiger partial charge in [0.25, 0.3) is 0 Å². The highest BCUT2D eigenvalue weighted by Gasteiger charge is 2.14. The smallest absolute Gasteiger partial charge is 0.319 e. The lowest BCUT2D eigenvalue weighted by Gasteiger charge is -2.20. The summed E-state index contributed by atoms with van der Waals surface area (Å²) in [6, 6.07) is 2.48. The Morgan fingerprint density at radius 1 is 1.24 bits per heavy atom. The van der Waals surface area contributed by atoms with Gasteiger partial charge in [0.05, 0.1) is 10.0 Å². The van der Waals surface area contributed by atoms with Crippen LogP contribution in [0, 0.1) is 0 Å². The Balaban J connectivity index is 2.79. The van der Waals surface area contributed by atoms with Crippen molar-refractivity contribution in [3.05, 3.63) is 22.2 Å². The number of phenols is 1. The summed E-state index contributed by atoms with van der Waals surface area (Å²) in [6.45, 7) is 5.59. The molecule has 6 heteroatoms. The Labute approximate surface area is 110 Å². The van der Waals surface area contributed by atoms with Crippen LogP contribution in [0.5, 0.6) is 5.75 Å². The maximum absolute atomic E-state index is 11.6. The molecule has 4 nitrogen and oxygen atoms in total.